The van der Waals surface area contributed by atoms with Gasteiger partial charge in [0.05, 0.1) is 0 Å². The molecule has 1 N–H and O–H groups in total. The zero-order valence-corrected chi connectivity index (χ0v) is 11.2. The van der Waals surface area contributed by atoms with Crippen molar-refractivity contribution in [3.05, 3.63) is 5.82 Å². The number of aryl methyl sites for hydroxylation is 1. The van der Waals surface area contributed by atoms with Crippen LogP contribution in [-0.4, -0.2) is 27.5 Å². The van der Waals surface area contributed by atoms with Gasteiger partial charge in [0.15, 0.2) is 0 Å². The van der Waals surface area contributed by atoms with Crippen LogP contribution in [-0.2, 0) is 0 Å². The number of hydrogen-bond acceptors (Lipinski definition) is 6. The summed E-state index contributed by atoms with van der Waals surface area (Å²) in [5.41, 5.74) is 0. The van der Waals surface area contributed by atoms with Crippen molar-refractivity contribution in [1.82, 2.24) is 15.0 Å². The molecule has 2 rings (SSSR count). The Morgan fingerprint density at radius 1 is 1.35 bits per heavy atom. The minimum atomic E-state index is 0.489. The summed E-state index contributed by atoms with van der Waals surface area (Å²) >= 11 is 4.43. The first kappa shape index (κ1) is 12.4. The van der Waals surface area contributed by atoms with Crippen molar-refractivity contribution in [2.45, 2.75) is 45.6 Å². The largest absolute Gasteiger partial charge is 0.354 e. The minimum absolute atomic E-state index is 0.489. The number of nitrogens with zero attached hydrogens (tertiary/aromatic N) is 4. The summed E-state index contributed by atoms with van der Waals surface area (Å²) in [5, 5.41) is 3.22. The Hall–Kier alpha value is -1.04. The van der Waals surface area contributed by atoms with Gasteiger partial charge in [0.2, 0.25) is 11.9 Å². The molecule has 0 saturated heterocycles. The van der Waals surface area contributed by atoms with Crippen molar-refractivity contribution in [2.24, 2.45) is 0 Å². The predicted molar refractivity (Wildman–Crippen MR) is 72.4 cm³/mol. The zero-order valence-electron chi connectivity index (χ0n) is 10.3. The lowest BCUT2D eigenvalue weighted by Gasteiger charge is -2.15. The van der Waals surface area contributed by atoms with E-state index in [0.717, 1.165) is 25.2 Å². The normalized spacial score (nSPS) is 14.8. The lowest BCUT2D eigenvalue weighted by Crippen LogP contribution is -2.18. The number of aromatic nitrogens is 3. The maximum Gasteiger partial charge on any atom is 0.240 e. The Balaban J connectivity index is 2.05. The molecule has 0 amide bonds. The van der Waals surface area contributed by atoms with Crippen LogP contribution in [0.5, 0.6) is 0 Å². The molecule has 0 atom stereocenters. The molecule has 6 heteroatoms. The van der Waals surface area contributed by atoms with Crippen LogP contribution >= 0.6 is 12.8 Å². The highest BCUT2D eigenvalue weighted by Crippen LogP contribution is 2.31. The van der Waals surface area contributed by atoms with Crippen LogP contribution in [0.1, 0.15) is 38.4 Å². The third-order valence-corrected chi connectivity index (χ3v) is 3.15. The Kier molecular flexibility index (Phi) is 4.04. The second kappa shape index (κ2) is 5.53. The van der Waals surface area contributed by atoms with Gasteiger partial charge in [0.1, 0.15) is 5.82 Å². The fraction of sp³-hybridized carbons (Fsp3) is 0.727. The number of thiol groups is 1. The Bertz CT molecular complexity index is 380. The SMILES string of the molecule is CCCCNc1nc(C)nc(N(S)C2CC2)n1. The van der Waals surface area contributed by atoms with Crippen LogP contribution in [0.15, 0.2) is 0 Å². The molecule has 1 aliphatic rings. The number of nitrogens with one attached hydrogen (secondary N) is 1. The average Bonchev–Trinajstić information content (AvgIpc) is 3.11. The zero-order chi connectivity index (χ0) is 12.3. The van der Waals surface area contributed by atoms with E-state index >= 15 is 0 Å². The van der Waals surface area contributed by atoms with Gasteiger partial charge in [-0.25, -0.2) is 0 Å². The van der Waals surface area contributed by atoms with Crippen molar-refractivity contribution < 1.29 is 0 Å². The first-order valence-electron chi connectivity index (χ1n) is 6.15. The summed E-state index contributed by atoms with van der Waals surface area (Å²) in [5.74, 6) is 2.04. The predicted octanol–water partition coefficient (Wildman–Crippen LogP) is 2.21. The molecule has 1 fully saturated rings. The van der Waals surface area contributed by atoms with Gasteiger partial charge in [-0.2, -0.15) is 15.0 Å². The maximum absolute atomic E-state index is 4.43. The number of rotatable bonds is 6. The summed E-state index contributed by atoms with van der Waals surface area (Å²) in [7, 11) is 0. The fourth-order valence-electron chi connectivity index (χ4n) is 1.51. The smallest absolute Gasteiger partial charge is 0.240 e. The van der Waals surface area contributed by atoms with Gasteiger partial charge < -0.3 is 5.32 Å². The van der Waals surface area contributed by atoms with E-state index in [1.165, 1.54) is 12.8 Å². The molecule has 17 heavy (non-hydrogen) atoms. The van der Waals surface area contributed by atoms with Crippen LogP contribution in [0.2, 0.25) is 0 Å². The van der Waals surface area contributed by atoms with Crippen molar-refractivity contribution >= 4 is 24.7 Å². The van der Waals surface area contributed by atoms with Gasteiger partial charge in [0.25, 0.3) is 0 Å². The molecule has 0 bridgehead atoms. The van der Waals surface area contributed by atoms with E-state index in [9.17, 15) is 0 Å². The van der Waals surface area contributed by atoms with Gasteiger partial charge in [0, 0.05) is 12.6 Å². The quantitative estimate of drug-likeness (QED) is 0.601. The lowest BCUT2D eigenvalue weighted by molar-refractivity contribution is 0.819. The third-order valence-electron chi connectivity index (χ3n) is 2.65. The van der Waals surface area contributed by atoms with E-state index in [0.29, 0.717) is 17.9 Å². The highest BCUT2D eigenvalue weighted by Gasteiger charge is 2.29. The summed E-state index contributed by atoms with van der Waals surface area (Å²) < 4.78 is 1.85. The highest BCUT2D eigenvalue weighted by atomic mass is 32.1. The molecule has 0 spiro atoms. The second-order valence-electron chi connectivity index (χ2n) is 4.36. The van der Waals surface area contributed by atoms with Crippen LogP contribution in [0.3, 0.4) is 0 Å². The van der Waals surface area contributed by atoms with E-state index in [1.54, 1.807) is 0 Å². The van der Waals surface area contributed by atoms with E-state index in [4.69, 9.17) is 0 Å². The van der Waals surface area contributed by atoms with Gasteiger partial charge in [-0.15, -0.1) is 0 Å². The fourth-order valence-corrected chi connectivity index (χ4v) is 1.83. The molecule has 1 aromatic heterocycles. The maximum atomic E-state index is 4.43. The summed E-state index contributed by atoms with van der Waals surface area (Å²) in [6.45, 7) is 4.94. The lowest BCUT2D eigenvalue weighted by atomic mass is 10.3. The van der Waals surface area contributed by atoms with Gasteiger partial charge in [-0.1, -0.05) is 26.2 Å². The Labute approximate surface area is 108 Å². The van der Waals surface area contributed by atoms with Crippen molar-refractivity contribution in [2.75, 3.05) is 16.2 Å². The molecule has 94 valence electrons. The average molecular weight is 253 g/mol. The van der Waals surface area contributed by atoms with Crippen LogP contribution in [0.25, 0.3) is 0 Å². The van der Waals surface area contributed by atoms with Gasteiger partial charge >= 0.3 is 0 Å². The molecule has 5 nitrogen and oxygen atoms in total. The molecule has 0 aliphatic heterocycles. The highest BCUT2D eigenvalue weighted by molar-refractivity contribution is 7.81. The van der Waals surface area contributed by atoms with Gasteiger partial charge in [-0.3, -0.25) is 4.31 Å². The molecule has 0 aromatic carbocycles. The number of unbranched alkanes of at least 4 members (excludes halogenated alkanes) is 1. The number of hydrogen-bond donors (Lipinski definition) is 2. The summed E-state index contributed by atoms with van der Waals surface area (Å²) in [6, 6.07) is 0.489. The molecule has 1 saturated carbocycles. The molecule has 1 heterocycles. The Morgan fingerprint density at radius 2 is 2.12 bits per heavy atom. The first-order valence-corrected chi connectivity index (χ1v) is 6.55. The van der Waals surface area contributed by atoms with Crippen molar-refractivity contribution in [3.63, 3.8) is 0 Å². The Morgan fingerprint density at radius 3 is 2.76 bits per heavy atom. The van der Waals surface area contributed by atoms with E-state index < -0.39 is 0 Å². The van der Waals surface area contributed by atoms with Crippen LogP contribution in [0, 0.1) is 6.92 Å². The summed E-state index contributed by atoms with van der Waals surface area (Å²) in [4.78, 5) is 13.0. The number of anilines is 2. The second-order valence-corrected chi connectivity index (χ2v) is 4.79. The topological polar surface area (TPSA) is 53.9 Å². The van der Waals surface area contributed by atoms with Crippen molar-refractivity contribution in [3.8, 4) is 0 Å². The van der Waals surface area contributed by atoms with E-state index in [1.807, 2.05) is 11.2 Å². The molecular weight excluding hydrogens is 234 g/mol. The van der Waals surface area contributed by atoms with Crippen LogP contribution < -0.4 is 9.62 Å². The molecule has 1 aromatic rings. The van der Waals surface area contributed by atoms with E-state index in [2.05, 4.69) is 40.0 Å². The standard InChI is InChI=1S/C11H19N5S/c1-3-4-7-12-10-13-8(2)14-11(15-10)16(17)9-5-6-9/h9,17H,3-7H2,1-2H3,(H,12,13,14,15). The van der Waals surface area contributed by atoms with Crippen LogP contribution in [0.4, 0.5) is 11.9 Å². The van der Waals surface area contributed by atoms with Crippen molar-refractivity contribution in [1.29, 1.82) is 0 Å². The third kappa shape index (κ3) is 3.46. The monoisotopic (exact) mass is 253 g/mol. The van der Waals surface area contributed by atoms with Gasteiger partial charge in [-0.05, 0) is 26.2 Å². The molecular formula is C11H19N5S. The molecule has 0 radical (unpaired) electrons. The molecule has 1 aliphatic carbocycles. The summed E-state index contributed by atoms with van der Waals surface area (Å²) in [6.07, 6.45) is 4.62. The van der Waals surface area contributed by atoms with E-state index in [-0.39, 0.29) is 0 Å². The molecule has 0 unspecified atom stereocenters. The minimum Gasteiger partial charge on any atom is -0.354 e. The first-order chi connectivity index (χ1) is 8.20.